The van der Waals surface area contributed by atoms with E-state index in [1.807, 2.05) is 0 Å². The van der Waals surface area contributed by atoms with Crippen LogP contribution >= 0.6 is 0 Å². The van der Waals surface area contributed by atoms with Gasteiger partial charge in [0.2, 0.25) is 0 Å². The van der Waals surface area contributed by atoms with E-state index in [1.54, 1.807) is 11.3 Å². The fourth-order valence-electron chi connectivity index (χ4n) is 4.54. The molecule has 0 saturated carbocycles. The van der Waals surface area contributed by atoms with E-state index in [0.29, 0.717) is 24.0 Å². The number of nitrogens with one attached hydrogen (secondary N) is 1. The zero-order valence-corrected chi connectivity index (χ0v) is 14.0. The normalized spacial score (nSPS) is 32.2. The number of fused-ring (bicyclic) bond motifs is 3. The minimum atomic E-state index is 0.563. The van der Waals surface area contributed by atoms with Crippen LogP contribution in [0.3, 0.4) is 0 Å². The zero-order valence-electron chi connectivity index (χ0n) is 14.0. The summed E-state index contributed by atoms with van der Waals surface area (Å²) in [5.41, 5.74) is 9.14. The molecule has 20 heavy (non-hydrogen) atoms. The molecule has 110 valence electrons. The van der Waals surface area contributed by atoms with Gasteiger partial charge < -0.3 is 10.2 Å². The molecule has 0 bridgehead atoms. The molecule has 2 heterocycles. The lowest BCUT2D eigenvalue weighted by molar-refractivity contribution is 0.329. The summed E-state index contributed by atoms with van der Waals surface area (Å²) in [7, 11) is 0. The van der Waals surface area contributed by atoms with Gasteiger partial charge in [0, 0.05) is 30.2 Å². The van der Waals surface area contributed by atoms with Crippen molar-refractivity contribution in [2.45, 2.75) is 72.5 Å². The molecule has 0 radical (unpaired) electrons. The summed E-state index contributed by atoms with van der Waals surface area (Å²) in [6.45, 7) is 17.4. The Morgan fingerprint density at radius 2 is 1.50 bits per heavy atom. The zero-order chi connectivity index (χ0) is 14.8. The Balaban J connectivity index is 2.27. The van der Waals surface area contributed by atoms with Crippen molar-refractivity contribution in [3.63, 3.8) is 0 Å². The molecule has 1 aromatic rings. The van der Waals surface area contributed by atoms with E-state index in [2.05, 4.69) is 58.7 Å². The molecule has 2 aliphatic rings. The Bertz CT molecular complexity index is 561. The molecule has 2 heteroatoms. The highest BCUT2D eigenvalue weighted by atomic mass is 15.3. The average molecular weight is 272 g/mol. The van der Waals surface area contributed by atoms with Crippen molar-refractivity contribution < 1.29 is 0 Å². The first-order valence-electron chi connectivity index (χ1n) is 7.98. The van der Waals surface area contributed by atoms with E-state index >= 15 is 0 Å². The molecule has 1 aromatic carbocycles. The first-order chi connectivity index (χ1) is 9.36. The molecule has 2 aliphatic heterocycles. The van der Waals surface area contributed by atoms with Gasteiger partial charge in [-0.1, -0.05) is 6.92 Å². The smallest absolute Gasteiger partial charge is 0.0510 e. The first kappa shape index (κ1) is 13.9. The molecule has 0 aromatic heterocycles. The Morgan fingerprint density at radius 1 is 0.900 bits per heavy atom. The van der Waals surface area contributed by atoms with Crippen LogP contribution in [0.5, 0.6) is 0 Å². The highest BCUT2D eigenvalue weighted by Gasteiger charge is 2.45. The highest BCUT2D eigenvalue weighted by molar-refractivity contribution is 5.73. The van der Waals surface area contributed by atoms with Crippen molar-refractivity contribution in [3.8, 4) is 0 Å². The maximum atomic E-state index is 3.69. The van der Waals surface area contributed by atoms with Gasteiger partial charge in [-0.2, -0.15) is 0 Å². The van der Waals surface area contributed by atoms with E-state index in [-0.39, 0.29) is 0 Å². The number of hydrogen-bond acceptors (Lipinski definition) is 2. The summed E-state index contributed by atoms with van der Waals surface area (Å²) in [6, 6.07) is 1.75. The van der Waals surface area contributed by atoms with E-state index in [9.17, 15) is 0 Å². The summed E-state index contributed by atoms with van der Waals surface area (Å²) < 4.78 is 0. The molecule has 1 saturated heterocycles. The molecule has 1 fully saturated rings. The minimum absolute atomic E-state index is 0.563. The van der Waals surface area contributed by atoms with Crippen molar-refractivity contribution in [1.82, 2.24) is 5.32 Å². The van der Waals surface area contributed by atoms with Crippen LogP contribution in [0, 0.1) is 27.7 Å². The van der Waals surface area contributed by atoms with Crippen LogP contribution in [-0.4, -0.2) is 24.7 Å². The third-order valence-corrected chi connectivity index (χ3v) is 5.97. The molecule has 0 aliphatic carbocycles. The second-order valence-electron chi connectivity index (χ2n) is 6.99. The standard InChI is InChI=1S/C18H28N2/c1-9-8-19-15(7)17-14(6)16-12(4)10(2)11(3)13(5)18(16)20(9)17/h9,14-15,17,19H,8H2,1-7H3. The van der Waals surface area contributed by atoms with Crippen LogP contribution in [0.1, 0.15) is 54.5 Å². The molecular formula is C18H28N2. The van der Waals surface area contributed by atoms with Gasteiger partial charge in [-0.3, -0.25) is 0 Å². The summed E-state index contributed by atoms with van der Waals surface area (Å²) >= 11 is 0. The molecular weight excluding hydrogens is 244 g/mol. The van der Waals surface area contributed by atoms with Gasteiger partial charge in [0.1, 0.15) is 0 Å². The third-order valence-electron chi connectivity index (χ3n) is 5.97. The van der Waals surface area contributed by atoms with Crippen molar-refractivity contribution in [2.24, 2.45) is 0 Å². The predicted octanol–water partition coefficient (Wildman–Crippen LogP) is 3.59. The van der Waals surface area contributed by atoms with Crippen molar-refractivity contribution in [2.75, 3.05) is 11.4 Å². The van der Waals surface area contributed by atoms with Crippen LogP contribution in [-0.2, 0) is 0 Å². The molecule has 0 amide bonds. The van der Waals surface area contributed by atoms with Crippen molar-refractivity contribution >= 4 is 5.69 Å². The lowest BCUT2D eigenvalue weighted by Gasteiger charge is -2.44. The number of nitrogens with zero attached hydrogens (tertiary/aromatic N) is 1. The first-order valence-corrected chi connectivity index (χ1v) is 7.98. The van der Waals surface area contributed by atoms with E-state index in [1.165, 1.54) is 22.3 Å². The van der Waals surface area contributed by atoms with Crippen LogP contribution in [0.15, 0.2) is 0 Å². The quantitative estimate of drug-likeness (QED) is 0.776. The van der Waals surface area contributed by atoms with Gasteiger partial charge in [0.25, 0.3) is 0 Å². The SMILES string of the molecule is Cc1c(C)c(C)c2c(c1C)C(C)C1C(C)NCC(C)N21. The maximum Gasteiger partial charge on any atom is 0.0510 e. The molecule has 2 nitrogen and oxygen atoms in total. The fourth-order valence-corrected chi connectivity index (χ4v) is 4.54. The van der Waals surface area contributed by atoms with E-state index in [4.69, 9.17) is 0 Å². The minimum Gasteiger partial charge on any atom is -0.362 e. The lowest BCUT2D eigenvalue weighted by Crippen LogP contribution is -2.60. The molecule has 4 atom stereocenters. The Labute approximate surface area is 123 Å². The van der Waals surface area contributed by atoms with E-state index < -0.39 is 0 Å². The van der Waals surface area contributed by atoms with Gasteiger partial charge in [-0.15, -0.1) is 0 Å². The summed E-state index contributed by atoms with van der Waals surface area (Å²) in [5, 5.41) is 3.69. The lowest BCUT2D eigenvalue weighted by atomic mass is 9.85. The van der Waals surface area contributed by atoms with Gasteiger partial charge in [-0.25, -0.2) is 0 Å². The largest absolute Gasteiger partial charge is 0.362 e. The van der Waals surface area contributed by atoms with Crippen molar-refractivity contribution in [3.05, 3.63) is 27.8 Å². The Kier molecular flexibility index (Phi) is 3.13. The highest BCUT2D eigenvalue weighted by Crippen LogP contribution is 2.49. The van der Waals surface area contributed by atoms with Gasteiger partial charge in [0.15, 0.2) is 0 Å². The van der Waals surface area contributed by atoms with Gasteiger partial charge in [0.05, 0.1) is 6.04 Å². The number of piperazine rings is 1. The number of anilines is 1. The molecule has 3 rings (SSSR count). The topological polar surface area (TPSA) is 15.3 Å². The maximum absolute atomic E-state index is 3.69. The number of hydrogen-bond donors (Lipinski definition) is 1. The average Bonchev–Trinajstić information content (AvgIpc) is 2.73. The second-order valence-corrected chi connectivity index (χ2v) is 6.99. The van der Waals surface area contributed by atoms with Crippen LogP contribution in [0.25, 0.3) is 0 Å². The fraction of sp³-hybridized carbons (Fsp3) is 0.667. The summed E-state index contributed by atoms with van der Waals surface area (Å²) in [6.07, 6.45) is 0. The second kappa shape index (κ2) is 4.49. The summed E-state index contributed by atoms with van der Waals surface area (Å²) in [5.74, 6) is 0.619. The summed E-state index contributed by atoms with van der Waals surface area (Å²) in [4.78, 5) is 2.72. The van der Waals surface area contributed by atoms with Gasteiger partial charge >= 0.3 is 0 Å². The van der Waals surface area contributed by atoms with E-state index in [0.717, 1.165) is 6.54 Å². The number of benzene rings is 1. The molecule has 4 unspecified atom stereocenters. The predicted molar refractivity (Wildman–Crippen MR) is 87.0 cm³/mol. The molecule has 0 spiro atoms. The van der Waals surface area contributed by atoms with Crippen LogP contribution < -0.4 is 10.2 Å². The van der Waals surface area contributed by atoms with Gasteiger partial charge in [-0.05, 0) is 69.4 Å². The van der Waals surface area contributed by atoms with Crippen molar-refractivity contribution in [1.29, 1.82) is 0 Å². The van der Waals surface area contributed by atoms with Crippen LogP contribution in [0.2, 0.25) is 0 Å². The Morgan fingerprint density at radius 3 is 2.15 bits per heavy atom. The number of rotatable bonds is 0. The molecule has 1 N–H and O–H groups in total. The van der Waals surface area contributed by atoms with Crippen LogP contribution in [0.4, 0.5) is 5.69 Å². The monoisotopic (exact) mass is 272 g/mol. The Hall–Kier alpha value is -1.02. The third kappa shape index (κ3) is 1.60.